The molecule has 2 unspecified atom stereocenters. The molecule has 0 radical (unpaired) electrons. The Labute approximate surface area is 113 Å². The van der Waals surface area contributed by atoms with Crippen LogP contribution in [-0.2, 0) is 16.6 Å². The van der Waals surface area contributed by atoms with Crippen molar-refractivity contribution in [1.29, 1.82) is 0 Å². The van der Waals surface area contributed by atoms with Gasteiger partial charge in [0.2, 0.25) is 10.0 Å². The van der Waals surface area contributed by atoms with Crippen LogP contribution in [0.25, 0.3) is 0 Å². The molecule has 1 aromatic heterocycles. The van der Waals surface area contributed by atoms with E-state index < -0.39 is 10.0 Å². The predicted molar refractivity (Wildman–Crippen MR) is 74.1 cm³/mol. The van der Waals surface area contributed by atoms with Crippen LogP contribution in [0.1, 0.15) is 38.5 Å². The molecule has 2 N–H and O–H groups in total. The Morgan fingerprint density at radius 1 is 1.39 bits per heavy atom. The van der Waals surface area contributed by atoms with Crippen molar-refractivity contribution in [2.45, 2.75) is 50.5 Å². The number of rotatable bonds is 7. The van der Waals surface area contributed by atoms with E-state index in [2.05, 4.69) is 18.6 Å². The van der Waals surface area contributed by atoms with Gasteiger partial charge in [0.15, 0.2) is 0 Å². The van der Waals surface area contributed by atoms with Gasteiger partial charge in [-0.1, -0.05) is 20.3 Å². The van der Waals surface area contributed by atoms with E-state index >= 15 is 0 Å². The molecule has 0 aliphatic heterocycles. The van der Waals surface area contributed by atoms with Crippen molar-refractivity contribution in [3.63, 3.8) is 0 Å². The highest BCUT2D eigenvalue weighted by Crippen LogP contribution is 2.22. The number of thiophene rings is 1. The molecule has 1 heterocycles. The number of sulfonamides is 1. The lowest BCUT2D eigenvalue weighted by atomic mass is 10.0. The van der Waals surface area contributed by atoms with Crippen molar-refractivity contribution < 1.29 is 13.5 Å². The van der Waals surface area contributed by atoms with Gasteiger partial charge in [-0.2, -0.15) is 0 Å². The largest absolute Gasteiger partial charge is 0.391 e. The van der Waals surface area contributed by atoms with Gasteiger partial charge in [-0.25, -0.2) is 13.1 Å². The summed E-state index contributed by atoms with van der Waals surface area (Å²) in [5.74, 6) is 0.499. The van der Waals surface area contributed by atoms with Gasteiger partial charge in [0.05, 0.1) is 6.61 Å². The zero-order chi connectivity index (χ0) is 13.8. The van der Waals surface area contributed by atoms with E-state index in [1.54, 1.807) is 6.07 Å². The highest BCUT2D eigenvalue weighted by Gasteiger charge is 2.20. The molecule has 18 heavy (non-hydrogen) atoms. The lowest BCUT2D eigenvalue weighted by Crippen LogP contribution is -2.33. The standard InChI is InChI=1S/C12H21NO3S2/c1-4-9(2)7-10(3)13-18(15,16)12-6-5-11(8-14)17-12/h5-6,9-10,13-14H,4,7-8H2,1-3H3. The Hall–Kier alpha value is -0.430. The Morgan fingerprint density at radius 3 is 2.56 bits per heavy atom. The van der Waals surface area contributed by atoms with Crippen molar-refractivity contribution in [3.8, 4) is 0 Å². The molecule has 0 fully saturated rings. The molecule has 0 aliphatic carbocycles. The normalized spacial score (nSPS) is 15.6. The van der Waals surface area contributed by atoms with Crippen LogP contribution >= 0.6 is 11.3 Å². The Kier molecular flexibility index (Phi) is 5.78. The third kappa shape index (κ3) is 4.35. The van der Waals surface area contributed by atoms with Crippen molar-refractivity contribution in [1.82, 2.24) is 4.72 Å². The van der Waals surface area contributed by atoms with E-state index in [-0.39, 0.29) is 16.9 Å². The summed E-state index contributed by atoms with van der Waals surface area (Å²) in [4.78, 5) is 0.657. The summed E-state index contributed by atoms with van der Waals surface area (Å²) in [6.45, 7) is 5.96. The fraction of sp³-hybridized carbons (Fsp3) is 0.667. The van der Waals surface area contributed by atoms with Crippen molar-refractivity contribution in [2.24, 2.45) is 5.92 Å². The minimum absolute atomic E-state index is 0.0790. The third-order valence-corrected chi connectivity index (χ3v) is 6.02. The van der Waals surface area contributed by atoms with E-state index in [1.165, 1.54) is 6.07 Å². The number of aliphatic hydroxyl groups is 1. The maximum atomic E-state index is 12.1. The average molecular weight is 291 g/mol. The third-order valence-electron chi connectivity index (χ3n) is 2.87. The first-order chi connectivity index (χ1) is 8.39. The maximum Gasteiger partial charge on any atom is 0.250 e. The molecular weight excluding hydrogens is 270 g/mol. The molecule has 104 valence electrons. The highest BCUT2D eigenvalue weighted by atomic mass is 32.2. The average Bonchev–Trinajstić information content (AvgIpc) is 2.77. The molecular formula is C12H21NO3S2. The molecule has 1 aromatic rings. The number of nitrogens with one attached hydrogen (secondary N) is 1. The van der Waals surface area contributed by atoms with E-state index in [1.807, 2.05) is 6.92 Å². The van der Waals surface area contributed by atoms with Crippen molar-refractivity contribution in [3.05, 3.63) is 17.0 Å². The van der Waals surface area contributed by atoms with Crippen LogP contribution in [-0.4, -0.2) is 19.6 Å². The molecule has 2 atom stereocenters. The number of hydrogen-bond acceptors (Lipinski definition) is 4. The lowest BCUT2D eigenvalue weighted by molar-refractivity contribution is 0.285. The second kappa shape index (κ2) is 6.65. The smallest absolute Gasteiger partial charge is 0.250 e. The van der Waals surface area contributed by atoms with Gasteiger partial charge >= 0.3 is 0 Å². The van der Waals surface area contributed by atoms with Gasteiger partial charge in [0.25, 0.3) is 0 Å². The number of aliphatic hydroxyl groups excluding tert-OH is 1. The summed E-state index contributed by atoms with van der Waals surface area (Å²) in [7, 11) is -3.45. The van der Waals surface area contributed by atoms with Crippen LogP contribution < -0.4 is 4.72 Å². The fourth-order valence-electron chi connectivity index (χ4n) is 1.73. The maximum absolute atomic E-state index is 12.1. The second-order valence-corrected chi connectivity index (χ2v) is 7.76. The topological polar surface area (TPSA) is 66.4 Å². The Bertz CT molecular complexity index is 467. The number of hydrogen-bond donors (Lipinski definition) is 2. The van der Waals surface area contributed by atoms with E-state index in [0.29, 0.717) is 10.8 Å². The summed E-state index contributed by atoms with van der Waals surface area (Å²) in [5, 5.41) is 8.94. The first-order valence-electron chi connectivity index (χ1n) is 6.11. The first-order valence-corrected chi connectivity index (χ1v) is 8.41. The van der Waals surface area contributed by atoms with Gasteiger partial charge in [0.1, 0.15) is 4.21 Å². The second-order valence-electron chi connectivity index (χ2n) is 4.65. The molecule has 0 saturated carbocycles. The molecule has 1 rings (SSSR count). The predicted octanol–water partition coefficient (Wildman–Crippen LogP) is 2.34. The van der Waals surface area contributed by atoms with Crippen LogP contribution in [0.15, 0.2) is 16.3 Å². The molecule has 0 aliphatic rings. The quantitative estimate of drug-likeness (QED) is 0.810. The van der Waals surface area contributed by atoms with Crippen LogP contribution in [0.5, 0.6) is 0 Å². The van der Waals surface area contributed by atoms with Crippen LogP contribution in [0.2, 0.25) is 0 Å². The Balaban J connectivity index is 2.69. The van der Waals surface area contributed by atoms with Crippen molar-refractivity contribution >= 4 is 21.4 Å². The van der Waals surface area contributed by atoms with E-state index in [0.717, 1.165) is 24.2 Å². The molecule has 0 aromatic carbocycles. The molecule has 6 heteroatoms. The Morgan fingerprint density at radius 2 is 2.06 bits per heavy atom. The zero-order valence-electron chi connectivity index (χ0n) is 11.0. The summed E-state index contributed by atoms with van der Waals surface area (Å²) in [5.41, 5.74) is 0. The monoisotopic (exact) mass is 291 g/mol. The summed E-state index contributed by atoms with van der Waals surface area (Å²) < 4.78 is 27.1. The van der Waals surface area contributed by atoms with Crippen LogP contribution in [0, 0.1) is 5.92 Å². The fourth-order valence-corrected chi connectivity index (χ4v) is 4.22. The van der Waals surface area contributed by atoms with Crippen LogP contribution in [0.3, 0.4) is 0 Å². The van der Waals surface area contributed by atoms with Gasteiger partial charge < -0.3 is 5.11 Å². The van der Waals surface area contributed by atoms with Crippen molar-refractivity contribution in [2.75, 3.05) is 0 Å². The van der Waals surface area contributed by atoms with Gasteiger partial charge in [0, 0.05) is 10.9 Å². The van der Waals surface area contributed by atoms with Crippen LogP contribution in [0.4, 0.5) is 0 Å². The highest BCUT2D eigenvalue weighted by molar-refractivity contribution is 7.91. The zero-order valence-corrected chi connectivity index (χ0v) is 12.6. The lowest BCUT2D eigenvalue weighted by Gasteiger charge is -2.16. The van der Waals surface area contributed by atoms with Gasteiger partial charge in [-0.05, 0) is 31.4 Å². The SMILES string of the molecule is CCC(C)CC(C)NS(=O)(=O)c1ccc(CO)s1. The van der Waals surface area contributed by atoms with Gasteiger partial charge in [-0.3, -0.25) is 0 Å². The molecule has 0 saturated heterocycles. The summed E-state index contributed by atoms with van der Waals surface area (Å²) in [6.07, 6.45) is 1.87. The van der Waals surface area contributed by atoms with E-state index in [4.69, 9.17) is 5.11 Å². The molecule has 0 amide bonds. The molecule has 0 bridgehead atoms. The summed E-state index contributed by atoms with van der Waals surface area (Å²) >= 11 is 1.11. The first kappa shape index (κ1) is 15.6. The molecule has 0 spiro atoms. The molecule has 4 nitrogen and oxygen atoms in total. The minimum atomic E-state index is -3.45. The summed E-state index contributed by atoms with van der Waals surface area (Å²) in [6, 6.07) is 3.09. The van der Waals surface area contributed by atoms with E-state index in [9.17, 15) is 8.42 Å². The minimum Gasteiger partial charge on any atom is -0.391 e. The van der Waals surface area contributed by atoms with Gasteiger partial charge in [-0.15, -0.1) is 11.3 Å².